The third kappa shape index (κ3) is 4.79. The van der Waals surface area contributed by atoms with Gasteiger partial charge in [-0.05, 0) is 87.1 Å². The molecule has 1 aliphatic carbocycles. The maximum absolute atomic E-state index is 12.7. The lowest BCUT2D eigenvalue weighted by atomic mass is 10.1. The molecule has 0 spiro atoms. The maximum Gasteiger partial charge on any atom is 0.255 e. The van der Waals surface area contributed by atoms with Crippen LogP contribution < -0.4 is 10.1 Å². The highest BCUT2D eigenvalue weighted by Gasteiger charge is 2.23. The number of ether oxygens (including phenoxy) is 1. The molecule has 6 nitrogen and oxygen atoms in total. The van der Waals surface area contributed by atoms with E-state index in [9.17, 15) is 13.2 Å². The summed E-state index contributed by atoms with van der Waals surface area (Å²) in [5.74, 6) is 0.438. The predicted octanol–water partition coefficient (Wildman–Crippen LogP) is 4.13. The van der Waals surface area contributed by atoms with Crippen molar-refractivity contribution in [2.75, 3.05) is 19.4 Å². The third-order valence-electron chi connectivity index (χ3n) is 5.36. The number of nitrogens with zero attached hydrogens (tertiary/aromatic N) is 1. The lowest BCUT2D eigenvalue weighted by molar-refractivity contribution is 0.102. The summed E-state index contributed by atoms with van der Waals surface area (Å²) in [6.07, 6.45) is 4.87. The van der Waals surface area contributed by atoms with Gasteiger partial charge in [-0.3, -0.25) is 4.79 Å². The highest BCUT2D eigenvalue weighted by Crippen LogP contribution is 2.26. The lowest BCUT2D eigenvalue weighted by Gasteiger charge is -2.17. The van der Waals surface area contributed by atoms with Crippen LogP contribution in [0.5, 0.6) is 5.75 Å². The van der Waals surface area contributed by atoms with Gasteiger partial charge in [0.25, 0.3) is 5.91 Å². The summed E-state index contributed by atoms with van der Waals surface area (Å²) in [5.41, 5.74) is 2.32. The Bertz CT molecular complexity index is 992. The van der Waals surface area contributed by atoms with Gasteiger partial charge in [-0.2, -0.15) is 0 Å². The molecule has 0 bridgehead atoms. The van der Waals surface area contributed by atoms with E-state index < -0.39 is 10.0 Å². The Hall–Kier alpha value is -2.38. The van der Waals surface area contributed by atoms with Crippen molar-refractivity contribution in [2.45, 2.75) is 50.5 Å². The number of carbonyl (C=O) groups excluding carboxylic acids is 1. The molecular weight excluding hydrogens is 388 g/mol. The Labute approximate surface area is 172 Å². The number of rotatable bonds is 6. The van der Waals surface area contributed by atoms with Crippen molar-refractivity contribution in [2.24, 2.45) is 0 Å². The Kier molecular flexibility index (Phi) is 6.29. The van der Waals surface area contributed by atoms with E-state index in [1.54, 1.807) is 32.0 Å². The van der Waals surface area contributed by atoms with E-state index in [-0.39, 0.29) is 16.9 Å². The minimum atomic E-state index is -3.64. The van der Waals surface area contributed by atoms with Gasteiger partial charge in [-0.25, -0.2) is 12.7 Å². The minimum Gasteiger partial charge on any atom is -0.490 e. The molecule has 7 heteroatoms. The molecule has 0 aromatic heterocycles. The van der Waals surface area contributed by atoms with Crippen molar-refractivity contribution in [3.05, 3.63) is 53.1 Å². The van der Waals surface area contributed by atoms with E-state index >= 15 is 0 Å². The van der Waals surface area contributed by atoms with Crippen LogP contribution in [-0.2, 0) is 10.0 Å². The van der Waals surface area contributed by atoms with Gasteiger partial charge in [-0.15, -0.1) is 0 Å². The largest absolute Gasteiger partial charge is 0.490 e. The smallest absolute Gasteiger partial charge is 0.255 e. The van der Waals surface area contributed by atoms with Crippen LogP contribution in [0.4, 0.5) is 5.69 Å². The number of nitrogens with one attached hydrogen (secondary N) is 1. The fourth-order valence-electron chi connectivity index (χ4n) is 3.44. The number of aryl methyl sites for hydroxylation is 1. The minimum absolute atomic E-state index is 0.146. The Balaban J connectivity index is 1.77. The summed E-state index contributed by atoms with van der Waals surface area (Å²) >= 11 is 0. The van der Waals surface area contributed by atoms with Crippen LogP contribution in [-0.4, -0.2) is 38.8 Å². The number of anilines is 1. The Morgan fingerprint density at radius 1 is 1.07 bits per heavy atom. The normalized spacial score (nSPS) is 14.9. The predicted molar refractivity (Wildman–Crippen MR) is 114 cm³/mol. The first-order valence-corrected chi connectivity index (χ1v) is 11.2. The molecule has 156 valence electrons. The second kappa shape index (κ2) is 8.55. The van der Waals surface area contributed by atoms with E-state index in [2.05, 4.69) is 5.32 Å². The monoisotopic (exact) mass is 416 g/mol. The van der Waals surface area contributed by atoms with Crippen LogP contribution in [0.1, 0.15) is 47.2 Å². The molecule has 3 rings (SSSR count). The van der Waals surface area contributed by atoms with Crippen LogP contribution in [0.25, 0.3) is 0 Å². The molecule has 0 atom stereocenters. The molecule has 0 unspecified atom stereocenters. The van der Waals surface area contributed by atoms with E-state index in [0.717, 1.165) is 28.5 Å². The van der Waals surface area contributed by atoms with Crippen molar-refractivity contribution >= 4 is 21.6 Å². The van der Waals surface area contributed by atoms with Gasteiger partial charge in [0.2, 0.25) is 10.0 Å². The second-order valence-electron chi connectivity index (χ2n) is 7.71. The second-order valence-corrected chi connectivity index (χ2v) is 9.83. The summed E-state index contributed by atoms with van der Waals surface area (Å²) in [7, 11) is -0.683. The number of benzene rings is 2. The van der Waals surface area contributed by atoms with Crippen LogP contribution >= 0.6 is 0 Å². The molecule has 0 radical (unpaired) electrons. The molecule has 0 saturated heterocycles. The molecule has 1 saturated carbocycles. The molecule has 1 fully saturated rings. The average Bonchev–Trinajstić information content (AvgIpc) is 3.18. The molecule has 0 heterocycles. The zero-order chi connectivity index (χ0) is 21.2. The summed E-state index contributed by atoms with van der Waals surface area (Å²) in [5, 5.41) is 2.83. The SMILES string of the molecule is Cc1cc(C(=O)Nc2ccc(OC3CCCC3)cc2)cc(S(=O)(=O)N(C)C)c1C. The van der Waals surface area contributed by atoms with Crippen LogP contribution in [0.3, 0.4) is 0 Å². The van der Waals surface area contributed by atoms with E-state index in [0.29, 0.717) is 16.8 Å². The molecule has 29 heavy (non-hydrogen) atoms. The van der Waals surface area contributed by atoms with Gasteiger partial charge in [-0.1, -0.05) is 0 Å². The fraction of sp³-hybridized carbons (Fsp3) is 0.409. The van der Waals surface area contributed by atoms with Crippen molar-refractivity contribution < 1.29 is 17.9 Å². The molecule has 2 aromatic rings. The lowest BCUT2D eigenvalue weighted by Crippen LogP contribution is -2.24. The average molecular weight is 417 g/mol. The quantitative estimate of drug-likeness (QED) is 0.768. The van der Waals surface area contributed by atoms with Crippen LogP contribution in [0, 0.1) is 13.8 Å². The molecule has 2 aromatic carbocycles. The fourth-order valence-corrected chi connectivity index (χ4v) is 4.66. The van der Waals surface area contributed by atoms with Gasteiger partial charge < -0.3 is 10.1 Å². The van der Waals surface area contributed by atoms with E-state index in [4.69, 9.17) is 4.74 Å². The maximum atomic E-state index is 12.7. The number of hydrogen-bond acceptors (Lipinski definition) is 4. The standard InChI is InChI=1S/C22H28N2O4S/c1-15-13-17(14-21(16(15)2)29(26,27)24(3)4)22(25)23-18-9-11-20(12-10-18)28-19-7-5-6-8-19/h9-14,19H,5-8H2,1-4H3,(H,23,25). The Morgan fingerprint density at radius 2 is 1.69 bits per heavy atom. The van der Waals surface area contributed by atoms with E-state index in [1.807, 2.05) is 12.1 Å². The molecule has 1 aliphatic rings. The highest BCUT2D eigenvalue weighted by atomic mass is 32.2. The van der Waals surface area contributed by atoms with Crippen molar-refractivity contribution in [1.82, 2.24) is 4.31 Å². The van der Waals surface area contributed by atoms with Gasteiger partial charge in [0.15, 0.2) is 0 Å². The summed E-state index contributed by atoms with van der Waals surface area (Å²) in [4.78, 5) is 12.9. The van der Waals surface area contributed by atoms with Crippen LogP contribution in [0.2, 0.25) is 0 Å². The molecule has 0 aliphatic heterocycles. The summed E-state index contributed by atoms with van der Waals surface area (Å²) in [6, 6.07) is 10.4. The zero-order valence-electron chi connectivity index (χ0n) is 17.4. The van der Waals surface area contributed by atoms with Crippen molar-refractivity contribution in [3.63, 3.8) is 0 Å². The summed E-state index contributed by atoms with van der Waals surface area (Å²) in [6.45, 7) is 3.55. The van der Waals surface area contributed by atoms with Crippen molar-refractivity contribution in [1.29, 1.82) is 0 Å². The van der Waals surface area contributed by atoms with Crippen LogP contribution in [0.15, 0.2) is 41.3 Å². The molecule has 1 amide bonds. The first-order valence-electron chi connectivity index (χ1n) is 9.80. The first kappa shape index (κ1) is 21.3. The van der Waals surface area contributed by atoms with Gasteiger partial charge in [0.05, 0.1) is 11.0 Å². The van der Waals surface area contributed by atoms with Gasteiger partial charge in [0.1, 0.15) is 5.75 Å². The Morgan fingerprint density at radius 3 is 2.28 bits per heavy atom. The zero-order valence-corrected chi connectivity index (χ0v) is 18.2. The topological polar surface area (TPSA) is 75.7 Å². The van der Waals surface area contributed by atoms with Crippen molar-refractivity contribution in [3.8, 4) is 5.75 Å². The molecule has 1 N–H and O–H groups in total. The summed E-state index contributed by atoms with van der Waals surface area (Å²) < 4.78 is 32.3. The highest BCUT2D eigenvalue weighted by molar-refractivity contribution is 7.89. The number of sulfonamides is 1. The first-order chi connectivity index (χ1) is 13.7. The number of carbonyl (C=O) groups is 1. The van der Waals surface area contributed by atoms with Gasteiger partial charge >= 0.3 is 0 Å². The van der Waals surface area contributed by atoms with Gasteiger partial charge in [0, 0.05) is 25.3 Å². The number of hydrogen-bond donors (Lipinski definition) is 1. The van der Waals surface area contributed by atoms with E-state index in [1.165, 1.54) is 33.0 Å². The molecular formula is C22H28N2O4S. The third-order valence-corrected chi connectivity index (χ3v) is 7.30. The number of amides is 1.